The Morgan fingerprint density at radius 3 is 3.06 bits per heavy atom. The van der Waals surface area contributed by atoms with Gasteiger partial charge in [-0.1, -0.05) is 27.7 Å². The third-order valence-corrected chi connectivity index (χ3v) is 3.91. The van der Waals surface area contributed by atoms with Gasteiger partial charge in [0, 0.05) is 9.37 Å². The molecule has 0 aromatic heterocycles. The largest absolute Gasteiger partial charge is 0.465 e. The third-order valence-electron chi connectivity index (χ3n) is 2.19. The van der Waals surface area contributed by atoms with Crippen molar-refractivity contribution in [1.82, 2.24) is 0 Å². The maximum atomic E-state index is 11.7. The molecule has 0 bridgehead atoms. The van der Waals surface area contributed by atoms with Crippen molar-refractivity contribution in [3.63, 3.8) is 0 Å². The van der Waals surface area contributed by atoms with E-state index in [1.807, 2.05) is 12.1 Å². The normalized spacial score (nSPS) is 18.2. The van der Waals surface area contributed by atoms with Gasteiger partial charge in [0.05, 0.1) is 12.3 Å². The second-order valence-corrected chi connectivity index (χ2v) is 5.44. The van der Waals surface area contributed by atoms with Gasteiger partial charge < -0.3 is 10.1 Å². The predicted molar refractivity (Wildman–Crippen MR) is 69.0 cm³/mol. The number of nitrogens with one attached hydrogen (secondary N) is 1. The highest BCUT2D eigenvalue weighted by atomic mass is 79.9. The first kappa shape index (κ1) is 12.4. The predicted octanol–water partition coefficient (Wildman–Crippen LogP) is 2.42. The molecule has 1 unspecified atom stereocenters. The minimum atomic E-state index is -0.822. The quantitative estimate of drug-likeness (QED) is 0.672. The van der Waals surface area contributed by atoms with Crippen molar-refractivity contribution in [2.45, 2.75) is 17.1 Å². The molecule has 1 N–H and O–H groups in total. The highest BCUT2D eigenvalue weighted by Crippen LogP contribution is 2.37. The first-order valence-corrected chi connectivity index (χ1v) is 6.72. The van der Waals surface area contributed by atoms with E-state index < -0.39 is 11.2 Å². The van der Waals surface area contributed by atoms with Gasteiger partial charge in [-0.05, 0) is 25.1 Å². The van der Waals surface area contributed by atoms with Crippen molar-refractivity contribution in [2.75, 3.05) is 11.9 Å². The highest BCUT2D eigenvalue weighted by Gasteiger charge is 2.34. The molecule has 0 fully saturated rings. The molecule has 1 heterocycles. The number of anilines is 1. The molecule has 0 saturated heterocycles. The number of ether oxygens (including phenoxy) is 1. The maximum Gasteiger partial charge on any atom is 0.329 e. The summed E-state index contributed by atoms with van der Waals surface area (Å²) in [4.78, 5) is 24.2. The maximum absolute atomic E-state index is 11.7. The number of hydrogen-bond donors (Lipinski definition) is 1. The zero-order valence-corrected chi connectivity index (χ0v) is 11.4. The summed E-state index contributed by atoms with van der Waals surface area (Å²) in [5, 5.41) is 1.87. The Kier molecular flexibility index (Phi) is 3.73. The SMILES string of the molecule is CCOC(=O)C1Sc2cc(Br)ccc2NC1=O. The summed E-state index contributed by atoms with van der Waals surface area (Å²) in [7, 11) is 0. The van der Waals surface area contributed by atoms with Crippen molar-refractivity contribution >= 4 is 45.3 Å². The van der Waals surface area contributed by atoms with Crippen LogP contribution in [0.3, 0.4) is 0 Å². The van der Waals surface area contributed by atoms with Crippen molar-refractivity contribution in [3.05, 3.63) is 22.7 Å². The average molecular weight is 316 g/mol. The van der Waals surface area contributed by atoms with Crippen LogP contribution in [0.25, 0.3) is 0 Å². The van der Waals surface area contributed by atoms with Crippen molar-refractivity contribution < 1.29 is 14.3 Å². The van der Waals surface area contributed by atoms with Crippen LogP contribution in [0.2, 0.25) is 0 Å². The van der Waals surface area contributed by atoms with Gasteiger partial charge in [0.1, 0.15) is 0 Å². The number of esters is 1. The summed E-state index contributed by atoms with van der Waals surface area (Å²) in [6.07, 6.45) is 0. The molecule has 17 heavy (non-hydrogen) atoms. The van der Waals surface area contributed by atoms with Crippen LogP contribution >= 0.6 is 27.7 Å². The topological polar surface area (TPSA) is 55.4 Å². The van der Waals surface area contributed by atoms with Gasteiger partial charge >= 0.3 is 5.97 Å². The number of rotatable bonds is 2. The number of hydrogen-bond acceptors (Lipinski definition) is 4. The number of amides is 1. The molecule has 1 aromatic rings. The van der Waals surface area contributed by atoms with Crippen LogP contribution in [-0.4, -0.2) is 23.7 Å². The standard InChI is InChI=1S/C11H10BrNO3S/c1-2-16-11(15)9-10(14)13-7-4-3-6(12)5-8(7)17-9/h3-5,9H,2H2,1H3,(H,13,14). The number of benzene rings is 1. The summed E-state index contributed by atoms with van der Waals surface area (Å²) in [5.74, 6) is -0.830. The molecule has 1 aliphatic rings. The molecule has 1 aromatic carbocycles. The molecule has 1 amide bonds. The van der Waals surface area contributed by atoms with E-state index in [1.165, 1.54) is 11.8 Å². The van der Waals surface area contributed by atoms with Gasteiger partial charge in [-0.3, -0.25) is 9.59 Å². The van der Waals surface area contributed by atoms with Crippen LogP contribution in [0.4, 0.5) is 5.69 Å². The van der Waals surface area contributed by atoms with E-state index in [2.05, 4.69) is 21.2 Å². The van der Waals surface area contributed by atoms with Crippen LogP contribution in [-0.2, 0) is 14.3 Å². The van der Waals surface area contributed by atoms with E-state index in [1.54, 1.807) is 13.0 Å². The van der Waals surface area contributed by atoms with Crippen LogP contribution in [0.5, 0.6) is 0 Å². The zero-order chi connectivity index (χ0) is 12.4. The average Bonchev–Trinajstić information content (AvgIpc) is 2.29. The van der Waals surface area contributed by atoms with E-state index in [0.29, 0.717) is 0 Å². The Morgan fingerprint density at radius 1 is 1.59 bits per heavy atom. The summed E-state index contributed by atoms with van der Waals surface area (Å²) in [6, 6.07) is 5.50. The number of carbonyl (C=O) groups is 2. The Balaban J connectivity index is 2.25. The fraction of sp³-hybridized carbons (Fsp3) is 0.273. The molecule has 0 radical (unpaired) electrons. The summed E-state index contributed by atoms with van der Waals surface area (Å²) < 4.78 is 5.77. The summed E-state index contributed by atoms with van der Waals surface area (Å²) >= 11 is 4.56. The number of thioether (sulfide) groups is 1. The first-order chi connectivity index (χ1) is 8.11. The van der Waals surface area contributed by atoms with E-state index in [4.69, 9.17) is 4.74 Å². The lowest BCUT2D eigenvalue weighted by Gasteiger charge is -2.22. The molecule has 6 heteroatoms. The molecule has 0 aliphatic carbocycles. The Hall–Kier alpha value is -1.01. The second kappa shape index (κ2) is 5.10. The number of halogens is 1. The molecule has 2 rings (SSSR count). The fourth-order valence-electron chi connectivity index (χ4n) is 1.45. The first-order valence-electron chi connectivity index (χ1n) is 5.05. The lowest BCUT2D eigenvalue weighted by atomic mass is 10.3. The van der Waals surface area contributed by atoms with Gasteiger partial charge in [0.2, 0.25) is 5.91 Å². The van der Waals surface area contributed by atoms with Gasteiger partial charge in [-0.15, -0.1) is 0 Å². The van der Waals surface area contributed by atoms with E-state index >= 15 is 0 Å². The molecule has 0 spiro atoms. The van der Waals surface area contributed by atoms with Crippen LogP contribution in [0.1, 0.15) is 6.92 Å². The van der Waals surface area contributed by atoms with Crippen molar-refractivity contribution in [1.29, 1.82) is 0 Å². The van der Waals surface area contributed by atoms with Crippen LogP contribution in [0, 0.1) is 0 Å². The van der Waals surface area contributed by atoms with Gasteiger partial charge in [0.15, 0.2) is 5.25 Å². The van der Waals surface area contributed by atoms with E-state index in [0.717, 1.165) is 15.1 Å². The van der Waals surface area contributed by atoms with Gasteiger partial charge in [-0.2, -0.15) is 0 Å². The van der Waals surface area contributed by atoms with E-state index in [-0.39, 0.29) is 12.5 Å². The number of fused-ring (bicyclic) bond motifs is 1. The Bertz CT molecular complexity index is 478. The summed E-state index contributed by atoms with van der Waals surface area (Å²) in [5.41, 5.74) is 0.726. The van der Waals surface area contributed by atoms with Crippen molar-refractivity contribution in [3.8, 4) is 0 Å². The molecule has 1 aliphatic heterocycles. The minimum absolute atomic E-state index is 0.272. The van der Waals surface area contributed by atoms with Gasteiger partial charge in [-0.25, -0.2) is 0 Å². The number of carbonyl (C=O) groups excluding carboxylic acids is 2. The van der Waals surface area contributed by atoms with Crippen LogP contribution < -0.4 is 5.32 Å². The Morgan fingerprint density at radius 2 is 2.35 bits per heavy atom. The molecule has 1 atom stereocenters. The fourth-order valence-corrected chi connectivity index (χ4v) is 2.99. The molecular formula is C11H10BrNO3S. The smallest absolute Gasteiger partial charge is 0.329 e. The molecular weight excluding hydrogens is 306 g/mol. The second-order valence-electron chi connectivity index (χ2n) is 3.38. The monoisotopic (exact) mass is 315 g/mol. The lowest BCUT2D eigenvalue weighted by Crippen LogP contribution is -2.36. The lowest BCUT2D eigenvalue weighted by molar-refractivity contribution is -0.144. The van der Waals surface area contributed by atoms with E-state index in [9.17, 15) is 9.59 Å². The van der Waals surface area contributed by atoms with Gasteiger partial charge in [0.25, 0.3) is 0 Å². The molecule has 0 saturated carbocycles. The minimum Gasteiger partial charge on any atom is -0.465 e. The zero-order valence-electron chi connectivity index (χ0n) is 9.03. The molecule has 90 valence electrons. The molecule has 4 nitrogen and oxygen atoms in total. The van der Waals surface area contributed by atoms with Crippen molar-refractivity contribution in [2.24, 2.45) is 0 Å². The van der Waals surface area contributed by atoms with Crippen LogP contribution in [0.15, 0.2) is 27.6 Å². The summed E-state index contributed by atoms with van der Waals surface area (Å²) in [6.45, 7) is 1.99. The highest BCUT2D eigenvalue weighted by molar-refractivity contribution is 9.10. The Labute approximate surface area is 111 Å². The third kappa shape index (κ3) is 2.63.